The Bertz CT molecular complexity index is 1110. The third kappa shape index (κ3) is 8.08. The van der Waals surface area contributed by atoms with Crippen LogP contribution in [-0.4, -0.2) is 103 Å². The number of imide groups is 1. The van der Waals surface area contributed by atoms with Crippen molar-refractivity contribution in [3.05, 3.63) is 42.2 Å². The molecule has 1 aromatic carbocycles. The quantitative estimate of drug-likeness (QED) is 0.232. The summed E-state index contributed by atoms with van der Waals surface area (Å²) < 4.78 is 25.0. The molecule has 10 heteroatoms. The number of piperidine rings is 1. The normalized spacial score (nSPS) is 25.6. The number of carbonyl (C=O) groups excluding carboxylic acids is 3. The number of halogens is 1. The van der Waals surface area contributed by atoms with Crippen molar-refractivity contribution in [3.63, 3.8) is 0 Å². The van der Waals surface area contributed by atoms with Crippen molar-refractivity contribution >= 4 is 18.3 Å². The molecule has 3 heterocycles. The Morgan fingerprint density at radius 1 is 1.07 bits per heavy atom. The van der Waals surface area contributed by atoms with E-state index in [0.717, 1.165) is 49.2 Å². The van der Waals surface area contributed by atoms with E-state index in [-0.39, 0.29) is 37.5 Å². The summed E-state index contributed by atoms with van der Waals surface area (Å²) in [4.78, 5) is 45.9. The molecule has 0 N–H and O–H groups in total. The lowest BCUT2D eigenvalue weighted by atomic mass is 9.95. The predicted octanol–water partition coefficient (Wildman–Crippen LogP) is 4.47. The van der Waals surface area contributed by atoms with Crippen LogP contribution in [-0.2, 0) is 20.9 Å². The van der Waals surface area contributed by atoms with Gasteiger partial charge in [-0.1, -0.05) is 25.6 Å². The maximum absolute atomic E-state index is 13.7. The Morgan fingerprint density at radius 3 is 2.40 bits per heavy atom. The van der Waals surface area contributed by atoms with Crippen molar-refractivity contribution in [1.82, 2.24) is 19.6 Å². The van der Waals surface area contributed by atoms with Crippen LogP contribution in [0.2, 0.25) is 0 Å². The second-order valence-corrected chi connectivity index (χ2v) is 12.6. The molecule has 9 nitrogen and oxygen atoms in total. The van der Waals surface area contributed by atoms with Crippen molar-refractivity contribution in [2.75, 3.05) is 52.6 Å². The van der Waals surface area contributed by atoms with Gasteiger partial charge >= 0.3 is 6.03 Å². The van der Waals surface area contributed by atoms with Gasteiger partial charge in [0.1, 0.15) is 25.1 Å². The first-order valence-corrected chi connectivity index (χ1v) is 16.0. The van der Waals surface area contributed by atoms with Crippen LogP contribution in [0.1, 0.15) is 57.4 Å². The van der Waals surface area contributed by atoms with Crippen LogP contribution in [0.3, 0.4) is 0 Å². The van der Waals surface area contributed by atoms with Gasteiger partial charge in [0, 0.05) is 38.6 Å². The molecule has 4 fully saturated rings. The molecule has 4 atom stereocenters. The van der Waals surface area contributed by atoms with E-state index in [9.17, 15) is 18.8 Å². The fourth-order valence-electron chi connectivity index (χ4n) is 6.77. The van der Waals surface area contributed by atoms with Crippen molar-refractivity contribution in [2.45, 2.75) is 70.6 Å². The summed E-state index contributed by atoms with van der Waals surface area (Å²) in [5.41, 5.74) is 0.829. The number of ether oxygens (including phenoxy) is 2. The van der Waals surface area contributed by atoms with Crippen LogP contribution >= 0.6 is 0 Å². The molecular formula is C33H47FN4O5. The van der Waals surface area contributed by atoms with Gasteiger partial charge in [-0.15, -0.1) is 0 Å². The van der Waals surface area contributed by atoms with E-state index >= 15 is 0 Å². The van der Waals surface area contributed by atoms with E-state index < -0.39 is 18.7 Å². The van der Waals surface area contributed by atoms with Gasteiger partial charge in [0.25, 0.3) is 0 Å². The molecule has 3 unspecified atom stereocenters. The summed E-state index contributed by atoms with van der Waals surface area (Å²) in [5.74, 6) is 2.21. The van der Waals surface area contributed by atoms with Gasteiger partial charge < -0.3 is 19.3 Å². The predicted molar refractivity (Wildman–Crippen MR) is 161 cm³/mol. The first-order chi connectivity index (χ1) is 20.9. The molecule has 0 radical (unpaired) electrons. The van der Waals surface area contributed by atoms with Crippen LogP contribution in [0.15, 0.2) is 36.6 Å². The zero-order valence-corrected chi connectivity index (χ0v) is 25.5. The highest BCUT2D eigenvalue weighted by Gasteiger charge is 2.43. The Kier molecular flexibility index (Phi) is 10.6. The average Bonchev–Trinajstić information content (AvgIpc) is 3.81. The summed E-state index contributed by atoms with van der Waals surface area (Å²) in [6.07, 6.45) is 6.31. The van der Waals surface area contributed by atoms with Crippen molar-refractivity contribution in [1.29, 1.82) is 0 Å². The monoisotopic (exact) mass is 598 g/mol. The number of amides is 4. The first kappa shape index (κ1) is 31.3. The zero-order chi connectivity index (χ0) is 30.3. The Balaban J connectivity index is 1.20. The Morgan fingerprint density at radius 2 is 1.77 bits per heavy atom. The number of alkyl halides is 1. The molecule has 0 spiro atoms. The molecule has 3 saturated heterocycles. The lowest BCUT2D eigenvalue weighted by molar-refractivity contribution is -0.138. The maximum Gasteiger partial charge on any atom is 0.327 e. The number of hydrogen-bond acceptors (Lipinski definition) is 6. The molecule has 5 rings (SSSR count). The van der Waals surface area contributed by atoms with Gasteiger partial charge in [-0.2, -0.15) is 0 Å². The fraction of sp³-hybridized carbons (Fsp3) is 0.667. The van der Waals surface area contributed by atoms with Gasteiger partial charge in [-0.05, 0) is 81.1 Å². The van der Waals surface area contributed by atoms with Crippen molar-refractivity contribution in [3.8, 4) is 5.75 Å². The van der Waals surface area contributed by atoms with Gasteiger partial charge in [0.2, 0.25) is 12.3 Å². The van der Waals surface area contributed by atoms with Crippen LogP contribution in [0.4, 0.5) is 9.18 Å². The van der Waals surface area contributed by atoms with E-state index in [4.69, 9.17) is 9.47 Å². The second kappa shape index (κ2) is 14.6. The van der Waals surface area contributed by atoms with Crippen molar-refractivity contribution in [2.24, 2.45) is 17.8 Å². The molecule has 4 amide bonds. The van der Waals surface area contributed by atoms with E-state index in [1.165, 1.54) is 24.2 Å². The highest BCUT2D eigenvalue weighted by atomic mass is 19.1. The first-order valence-electron chi connectivity index (χ1n) is 16.0. The molecule has 0 aromatic heterocycles. The number of urea groups is 1. The number of nitrogens with zero attached hydrogens (tertiary/aromatic N) is 4. The summed E-state index contributed by atoms with van der Waals surface area (Å²) in [6.45, 7) is 10.6. The summed E-state index contributed by atoms with van der Waals surface area (Å²) >= 11 is 0. The van der Waals surface area contributed by atoms with Crippen LogP contribution in [0, 0.1) is 17.8 Å². The SMILES string of the molecule is C=C(C[C@@H]1CN(C2CCN(C=O)CC2)C(=O)N(Cc2ccc(OCCN3CCC4CC4CC3)cc2)C1=O)OC(CC)CF. The van der Waals surface area contributed by atoms with Crippen molar-refractivity contribution < 1.29 is 28.2 Å². The van der Waals surface area contributed by atoms with E-state index in [1.807, 2.05) is 31.2 Å². The molecule has 4 aliphatic rings. The standard InChI is InChI=1S/C33H47FN4O5/c1-3-30(20-34)43-24(2)18-28-22-37(29-10-14-36(23-39)15-11-29)33(41)38(32(28)40)21-25-4-6-31(7-5-25)42-17-16-35-12-8-26-19-27(26)9-13-35/h4-7,23,26-30H,2-3,8-22H2,1H3/t26?,27?,28-,30?/m1/s1. The maximum atomic E-state index is 13.7. The largest absolute Gasteiger partial charge is 0.493 e. The number of benzene rings is 1. The molecule has 1 aromatic rings. The zero-order valence-electron chi connectivity index (χ0n) is 25.5. The number of rotatable bonds is 14. The van der Waals surface area contributed by atoms with E-state index in [1.54, 1.807) is 9.80 Å². The van der Waals surface area contributed by atoms with Gasteiger partial charge in [-0.3, -0.25) is 19.4 Å². The highest BCUT2D eigenvalue weighted by molar-refractivity contribution is 5.98. The Hall–Kier alpha value is -3.14. The summed E-state index contributed by atoms with van der Waals surface area (Å²) in [7, 11) is 0. The summed E-state index contributed by atoms with van der Waals surface area (Å²) in [6, 6.07) is 7.21. The van der Waals surface area contributed by atoms with Gasteiger partial charge in [0.05, 0.1) is 18.2 Å². The molecule has 236 valence electrons. The smallest absolute Gasteiger partial charge is 0.327 e. The fourth-order valence-corrected chi connectivity index (χ4v) is 6.77. The number of allylic oxidation sites excluding steroid dienone is 1. The number of fused-ring (bicyclic) bond motifs is 1. The van der Waals surface area contributed by atoms with Gasteiger partial charge in [-0.25, -0.2) is 9.18 Å². The second-order valence-electron chi connectivity index (χ2n) is 12.6. The molecule has 0 bridgehead atoms. The molecule has 1 saturated carbocycles. The number of hydrogen-bond donors (Lipinski definition) is 0. The number of likely N-dealkylation sites (tertiary alicyclic amines) is 2. The van der Waals surface area contributed by atoms with E-state index in [0.29, 0.717) is 44.7 Å². The highest BCUT2D eigenvalue weighted by Crippen LogP contribution is 2.45. The minimum Gasteiger partial charge on any atom is -0.493 e. The Labute approximate surface area is 254 Å². The molecular weight excluding hydrogens is 551 g/mol. The third-order valence-corrected chi connectivity index (χ3v) is 9.67. The summed E-state index contributed by atoms with van der Waals surface area (Å²) in [5, 5.41) is 0. The lowest BCUT2D eigenvalue weighted by Gasteiger charge is -2.44. The van der Waals surface area contributed by atoms with E-state index in [2.05, 4.69) is 11.5 Å². The van der Waals surface area contributed by atoms with Gasteiger partial charge in [0.15, 0.2) is 0 Å². The number of carbonyl (C=O) groups is 3. The third-order valence-electron chi connectivity index (χ3n) is 9.67. The van der Waals surface area contributed by atoms with Crippen LogP contribution in [0.5, 0.6) is 5.75 Å². The van der Waals surface area contributed by atoms with Crippen LogP contribution < -0.4 is 4.74 Å². The minimum absolute atomic E-state index is 0.0732. The topological polar surface area (TPSA) is 82.6 Å². The molecule has 43 heavy (non-hydrogen) atoms. The minimum atomic E-state index is -0.626. The lowest BCUT2D eigenvalue weighted by Crippen LogP contribution is -2.60. The van der Waals surface area contributed by atoms with Crippen LogP contribution in [0.25, 0.3) is 0 Å². The molecule has 3 aliphatic heterocycles. The average molecular weight is 599 g/mol. The molecule has 1 aliphatic carbocycles.